The Morgan fingerprint density at radius 1 is 1.39 bits per heavy atom. The molecule has 5 nitrogen and oxygen atoms in total. The normalized spacial score (nSPS) is 22.0. The molecule has 1 heterocycles. The summed E-state index contributed by atoms with van der Waals surface area (Å²) < 4.78 is 0. The quantitative estimate of drug-likeness (QED) is 0.752. The van der Waals surface area contributed by atoms with Crippen LogP contribution in [0, 0.1) is 0 Å². The number of benzene rings is 1. The molecule has 1 aliphatic heterocycles. The third kappa shape index (κ3) is 2.22. The summed E-state index contributed by atoms with van der Waals surface area (Å²) in [7, 11) is 0. The van der Waals surface area contributed by atoms with E-state index in [-0.39, 0.29) is 24.5 Å². The molecule has 1 saturated heterocycles. The van der Waals surface area contributed by atoms with Crippen LogP contribution in [0.4, 0.5) is 5.69 Å². The van der Waals surface area contributed by atoms with Gasteiger partial charge < -0.3 is 10.4 Å². The molecule has 0 spiro atoms. The van der Waals surface area contributed by atoms with Gasteiger partial charge in [-0.2, -0.15) is 0 Å². The first-order chi connectivity index (χ1) is 8.65. The largest absolute Gasteiger partial charge is 0.396 e. The molecule has 2 amide bonds. The lowest BCUT2D eigenvalue weighted by atomic mass is 9.93. The van der Waals surface area contributed by atoms with Crippen molar-refractivity contribution in [2.75, 3.05) is 11.5 Å². The van der Waals surface area contributed by atoms with E-state index in [1.54, 1.807) is 12.1 Å². The van der Waals surface area contributed by atoms with Gasteiger partial charge in [0.1, 0.15) is 6.04 Å². The van der Waals surface area contributed by atoms with Crippen molar-refractivity contribution in [3.8, 4) is 0 Å². The van der Waals surface area contributed by atoms with E-state index in [1.807, 2.05) is 18.2 Å². The molecular formula is C13H16N2O3. The minimum atomic E-state index is -0.517. The van der Waals surface area contributed by atoms with Crippen molar-refractivity contribution in [3.63, 3.8) is 0 Å². The fourth-order valence-corrected chi connectivity index (χ4v) is 2.23. The van der Waals surface area contributed by atoms with Crippen LogP contribution in [-0.2, 0) is 9.59 Å². The first-order valence-corrected chi connectivity index (χ1v) is 5.91. The molecule has 1 aliphatic rings. The van der Waals surface area contributed by atoms with Crippen molar-refractivity contribution < 1.29 is 14.7 Å². The second-order valence-electron chi connectivity index (χ2n) is 4.30. The van der Waals surface area contributed by atoms with Crippen molar-refractivity contribution in [1.29, 1.82) is 0 Å². The Kier molecular flexibility index (Phi) is 3.62. The van der Waals surface area contributed by atoms with Gasteiger partial charge in [-0.3, -0.25) is 14.5 Å². The number of β-lactam (4-membered cyclic amide) rings is 1. The van der Waals surface area contributed by atoms with Gasteiger partial charge in [-0.1, -0.05) is 18.2 Å². The molecule has 96 valence electrons. The Morgan fingerprint density at radius 2 is 2.06 bits per heavy atom. The molecule has 5 heteroatoms. The monoisotopic (exact) mass is 248 g/mol. The van der Waals surface area contributed by atoms with Crippen LogP contribution in [0.25, 0.3) is 0 Å². The molecule has 0 aromatic heterocycles. The maximum atomic E-state index is 11.8. The van der Waals surface area contributed by atoms with Crippen LogP contribution in [0.3, 0.4) is 0 Å². The molecule has 1 fully saturated rings. The first kappa shape index (κ1) is 12.6. The number of carbonyl (C=O) groups is 2. The zero-order valence-corrected chi connectivity index (χ0v) is 10.2. The Bertz CT molecular complexity index is 447. The summed E-state index contributed by atoms with van der Waals surface area (Å²) in [4.78, 5) is 24.9. The van der Waals surface area contributed by atoms with Crippen molar-refractivity contribution in [3.05, 3.63) is 30.3 Å². The number of hydrogen-bond donors (Lipinski definition) is 2. The van der Waals surface area contributed by atoms with E-state index in [0.717, 1.165) is 0 Å². The van der Waals surface area contributed by atoms with E-state index >= 15 is 0 Å². The maximum absolute atomic E-state index is 11.8. The van der Waals surface area contributed by atoms with Crippen molar-refractivity contribution in [2.24, 2.45) is 0 Å². The van der Waals surface area contributed by atoms with Crippen molar-refractivity contribution >= 4 is 17.5 Å². The number of nitrogens with one attached hydrogen (secondary N) is 1. The highest BCUT2D eigenvalue weighted by atomic mass is 16.3. The molecule has 1 aromatic carbocycles. The van der Waals surface area contributed by atoms with Crippen LogP contribution in [-0.4, -0.2) is 35.6 Å². The van der Waals surface area contributed by atoms with Crippen LogP contribution in [0.5, 0.6) is 0 Å². The van der Waals surface area contributed by atoms with Gasteiger partial charge in [0, 0.05) is 19.2 Å². The highest BCUT2D eigenvalue weighted by Crippen LogP contribution is 2.24. The lowest BCUT2D eigenvalue weighted by molar-refractivity contribution is -0.133. The number of amides is 2. The third-order valence-corrected chi connectivity index (χ3v) is 3.07. The number of aliphatic hydroxyl groups is 1. The average molecular weight is 248 g/mol. The lowest BCUT2D eigenvalue weighted by Gasteiger charge is -2.43. The fourth-order valence-electron chi connectivity index (χ4n) is 2.23. The first-order valence-electron chi connectivity index (χ1n) is 5.91. The molecule has 0 aliphatic carbocycles. The van der Waals surface area contributed by atoms with Crippen LogP contribution in [0.2, 0.25) is 0 Å². The minimum absolute atomic E-state index is 0.0119. The van der Waals surface area contributed by atoms with Gasteiger partial charge in [0.25, 0.3) is 0 Å². The van der Waals surface area contributed by atoms with Crippen molar-refractivity contribution in [1.82, 2.24) is 5.32 Å². The minimum Gasteiger partial charge on any atom is -0.396 e. The van der Waals surface area contributed by atoms with E-state index in [0.29, 0.717) is 12.1 Å². The van der Waals surface area contributed by atoms with E-state index in [2.05, 4.69) is 5.32 Å². The van der Waals surface area contributed by atoms with Gasteiger partial charge in [-0.25, -0.2) is 0 Å². The lowest BCUT2D eigenvalue weighted by Crippen LogP contribution is -2.70. The fraction of sp³-hybridized carbons (Fsp3) is 0.385. The molecule has 2 atom stereocenters. The second kappa shape index (κ2) is 5.18. The smallest absolute Gasteiger partial charge is 0.245 e. The number of anilines is 1. The van der Waals surface area contributed by atoms with Gasteiger partial charge in [0.05, 0.1) is 6.04 Å². The molecule has 1 aromatic rings. The van der Waals surface area contributed by atoms with E-state index in [1.165, 1.54) is 11.8 Å². The second-order valence-corrected chi connectivity index (χ2v) is 4.30. The van der Waals surface area contributed by atoms with Gasteiger partial charge in [-0.15, -0.1) is 0 Å². The summed E-state index contributed by atoms with van der Waals surface area (Å²) in [5, 5.41) is 11.6. The maximum Gasteiger partial charge on any atom is 0.245 e. The molecule has 2 rings (SSSR count). The van der Waals surface area contributed by atoms with E-state index < -0.39 is 6.04 Å². The predicted octanol–water partition coefficient (Wildman–Crippen LogP) is 0.289. The summed E-state index contributed by atoms with van der Waals surface area (Å²) in [6, 6.07) is 8.40. The Morgan fingerprint density at radius 3 is 2.56 bits per heavy atom. The average Bonchev–Trinajstić information content (AvgIpc) is 2.36. The van der Waals surface area contributed by atoms with Crippen molar-refractivity contribution in [2.45, 2.75) is 25.4 Å². The van der Waals surface area contributed by atoms with Crippen LogP contribution >= 0.6 is 0 Å². The molecule has 0 bridgehead atoms. The van der Waals surface area contributed by atoms with E-state index in [9.17, 15) is 9.59 Å². The van der Waals surface area contributed by atoms with E-state index in [4.69, 9.17) is 5.11 Å². The summed E-state index contributed by atoms with van der Waals surface area (Å²) in [5.41, 5.74) is 0.702. The van der Waals surface area contributed by atoms with Crippen LogP contribution in [0.15, 0.2) is 30.3 Å². The highest BCUT2D eigenvalue weighted by molar-refractivity contribution is 6.03. The van der Waals surface area contributed by atoms with Gasteiger partial charge in [0.15, 0.2) is 0 Å². The standard InChI is InChI=1S/C13H16N2O3/c1-9(17)15(10-5-3-2-4-6-10)12-11(7-8-16)14-13(12)18/h2-6,11-12,16H,7-8H2,1H3,(H,14,18). The highest BCUT2D eigenvalue weighted by Gasteiger charge is 2.44. The number of para-hydroxylation sites is 1. The Labute approximate surface area is 105 Å². The summed E-state index contributed by atoms with van der Waals surface area (Å²) in [6.45, 7) is 1.43. The predicted molar refractivity (Wildman–Crippen MR) is 67.0 cm³/mol. The topological polar surface area (TPSA) is 69.6 Å². The Hall–Kier alpha value is -1.88. The third-order valence-electron chi connectivity index (χ3n) is 3.07. The summed E-state index contributed by atoms with van der Waals surface area (Å²) in [6.07, 6.45) is 0.451. The zero-order chi connectivity index (χ0) is 13.1. The van der Waals surface area contributed by atoms with Crippen LogP contribution in [0.1, 0.15) is 13.3 Å². The van der Waals surface area contributed by atoms with Gasteiger partial charge >= 0.3 is 0 Å². The van der Waals surface area contributed by atoms with Gasteiger partial charge in [-0.05, 0) is 18.6 Å². The summed E-state index contributed by atoms with van der Waals surface area (Å²) >= 11 is 0. The number of hydrogen-bond acceptors (Lipinski definition) is 3. The molecular weight excluding hydrogens is 232 g/mol. The number of rotatable bonds is 4. The SMILES string of the molecule is CC(=O)N(c1ccccc1)C1C(=O)NC1CCO. The number of aliphatic hydroxyl groups excluding tert-OH is 1. The molecule has 0 saturated carbocycles. The molecule has 0 radical (unpaired) electrons. The number of carbonyl (C=O) groups excluding carboxylic acids is 2. The molecule has 18 heavy (non-hydrogen) atoms. The van der Waals surface area contributed by atoms with Gasteiger partial charge in [0.2, 0.25) is 11.8 Å². The Balaban J connectivity index is 2.25. The molecule has 2 unspecified atom stereocenters. The number of nitrogens with zero attached hydrogens (tertiary/aromatic N) is 1. The molecule has 2 N–H and O–H groups in total. The van der Waals surface area contributed by atoms with Crippen LogP contribution < -0.4 is 10.2 Å². The summed E-state index contributed by atoms with van der Waals surface area (Å²) in [5.74, 6) is -0.350. The zero-order valence-electron chi connectivity index (χ0n) is 10.2.